The van der Waals surface area contributed by atoms with Crippen molar-refractivity contribution in [2.45, 2.75) is 25.7 Å². The van der Waals surface area contributed by atoms with Gasteiger partial charge < -0.3 is 9.47 Å². The van der Waals surface area contributed by atoms with Gasteiger partial charge in [-0.25, -0.2) is 0 Å². The highest BCUT2D eigenvalue weighted by Crippen LogP contribution is 2.37. The van der Waals surface area contributed by atoms with Gasteiger partial charge in [-0.1, -0.05) is 36.4 Å². The molecule has 0 N–H and O–H groups in total. The zero-order valence-electron chi connectivity index (χ0n) is 15.5. The van der Waals surface area contributed by atoms with E-state index in [0.717, 1.165) is 59.1 Å². The molecule has 26 heavy (non-hydrogen) atoms. The molecule has 0 aliphatic rings. The maximum absolute atomic E-state index is 6.12. The SMILES string of the molecule is C=CCCOc1ccc2c(OCCC=C)c(CC=C)ccc2c1CC=C. The Bertz CT molecular complexity index is 786. The third kappa shape index (κ3) is 4.66. The Balaban J connectivity index is 2.54. The fourth-order valence-corrected chi connectivity index (χ4v) is 2.94. The number of hydrogen-bond donors (Lipinski definition) is 0. The van der Waals surface area contributed by atoms with Gasteiger partial charge in [0.2, 0.25) is 0 Å². The summed E-state index contributed by atoms with van der Waals surface area (Å²) in [6.07, 6.45) is 10.7. The van der Waals surface area contributed by atoms with Gasteiger partial charge in [0, 0.05) is 10.9 Å². The smallest absolute Gasteiger partial charge is 0.130 e. The van der Waals surface area contributed by atoms with Crippen LogP contribution in [0.25, 0.3) is 10.8 Å². The van der Waals surface area contributed by atoms with Crippen molar-refractivity contribution in [2.24, 2.45) is 0 Å². The van der Waals surface area contributed by atoms with Crippen LogP contribution in [0.15, 0.2) is 74.9 Å². The molecule has 0 unspecified atom stereocenters. The van der Waals surface area contributed by atoms with Crippen molar-refractivity contribution in [3.05, 3.63) is 86.0 Å². The normalized spacial score (nSPS) is 10.3. The third-order valence-electron chi connectivity index (χ3n) is 4.16. The number of rotatable bonds is 12. The minimum atomic E-state index is 0.612. The Hall–Kier alpha value is -2.74. The van der Waals surface area contributed by atoms with Crippen LogP contribution in [0.4, 0.5) is 0 Å². The molecule has 2 aromatic rings. The molecule has 0 amide bonds. The van der Waals surface area contributed by atoms with Gasteiger partial charge in [-0.2, -0.15) is 0 Å². The summed E-state index contributed by atoms with van der Waals surface area (Å²) in [7, 11) is 0. The molecule has 0 heterocycles. The van der Waals surface area contributed by atoms with E-state index in [9.17, 15) is 0 Å². The quantitative estimate of drug-likeness (QED) is 0.335. The minimum Gasteiger partial charge on any atom is -0.493 e. The average molecular weight is 348 g/mol. The van der Waals surface area contributed by atoms with E-state index in [1.165, 1.54) is 0 Å². The van der Waals surface area contributed by atoms with Crippen LogP contribution in [0.2, 0.25) is 0 Å². The maximum atomic E-state index is 6.12. The number of hydrogen-bond acceptors (Lipinski definition) is 2. The van der Waals surface area contributed by atoms with E-state index in [4.69, 9.17) is 9.47 Å². The van der Waals surface area contributed by atoms with Crippen LogP contribution in [0.1, 0.15) is 24.0 Å². The Morgan fingerprint density at radius 2 is 1.35 bits per heavy atom. The molecule has 0 bridgehead atoms. The molecule has 2 rings (SSSR count). The molecule has 0 saturated heterocycles. The summed E-state index contributed by atoms with van der Waals surface area (Å²) in [5.74, 6) is 1.82. The monoisotopic (exact) mass is 348 g/mol. The number of fused-ring (bicyclic) bond motifs is 1. The second-order valence-electron chi connectivity index (χ2n) is 6.03. The van der Waals surface area contributed by atoms with Gasteiger partial charge in [0.05, 0.1) is 13.2 Å². The molecule has 0 spiro atoms. The first kappa shape index (κ1) is 19.6. The van der Waals surface area contributed by atoms with Crippen LogP contribution in [-0.2, 0) is 12.8 Å². The van der Waals surface area contributed by atoms with Gasteiger partial charge in [-0.15, -0.1) is 26.3 Å². The fourth-order valence-electron chi connectivity index (χ4n) is 2.94. The summed E-state index contributed by atoms with van der Waals surface area (Å²) in [6.45, 7) is 16.5. The first-order chi connectivity index (χ1) is 12.8. The fraction of sp³-hybridized carbons (Fsp3) is 0.250. The number of allylic oxidation sites excluding steroid dienone is 2. The summed E-state index contributed by atoms with van der Waals surface area (Å²) < 4.78 is 12.1. The van der Waals surface area contributed by atoms with Gasteiger partial charge >= 0.3 is 0 Å². The van der Waals surface area contributed by atoms with Crippen LogP contribution in [0.3, 0.4) is 0 Å². The Kier molecular flexibility index (Phi) is 7.75. The lowest BCUT2D eigenvalue weighted by atomic mass is 9.97. The molecule has 2 nitrogen and oxygen atoms in total. The maximum Gasteiger partial charge on any atom is 0.130 e. The van der Waals surface area contributed by atoms with Gasteiger partial charge in [-0.05, 0) is 48.8 Å². The van der Waals surface area contributed by atoms with Gasteiger partial charge in [-0.3, -0.25) is 0 Å². The molecule has 0 fully saturated rings. The van der Waals surface area contributed by atoms with Gasteiger partial charge in [0.1, 0.15) is 11.5 Å². The largest absolute Gasteiger partial charge is 0.493 e. The lowest BCUT2D eigenvalue weighted by Crippen LogP contribution is -2.03. The molecular formula is C24H28O2. The van der Waals surface area contributed by atoms with Gasteiger partial charge in [0.25, 0.3) is 0 Å². The van der Waals surface area contributed by atoms with Crippen molar-refractivity contribution in [1.82, 2.24) is 0 Å². The Morgan fingerprint density at radius 1 is 0.692 bits per heavy atom. The van der Waals surface area contributed by atoms with Crippen LogP contribution in [0, 0.1) is 0 Å². The van der Waals surface area contributed by atoms with Crippen molar-refractivity contribution >= 4 is 10.8 Å². The van der Waals surface area contributed by atoms with Crippen molar-refractivity contribution in [3.63, 3.8) is 0 Å². The van der Waals surface area contributed by atoms with Crippen LogP contribution in [0.5, 0.6) is 11.5 Å². The highest BCUT2D eigenvalue weighted by molar-refractivity contribution is 5.94. The van der Waals surface area contributed by atoms with E-state index in [2.05, 4.69) is 44.5 Å². The average Bonchev–Trinajstić information content (AvgIpc) is 2.65. The van der Waals surface area contributed by atoms with Crippen LogP contribution in [-0.4, -0.2) is 13.2 Å². The predicted octanol–water partition coefficient (Wildman–Crippen LogP) is 6.21. The Morgan fingerprint density at radius 3 is 2.00 bits per heavy atom. The summed E-state index contributed by atoms with van der Waals surface area (Å²) >= 11 is 0. The molecule has 0 atom stereocenters. The van der Waals surface area contributed by atoms with Crippen molar-refractivity contribution in [3.8, 4) is 11.5 Å². The second-order valence-corrected chi connectivity index (χ2v) is 6.03. The van der Waals surface area contributed by atoms with E-state index in [0.29, 0.717) is 13.2 Å². The lowest BCUT2D eigenvalue weighted by Gasteiger charge is -2.17. The third-order valence-corrected chi connectivity index (χ3v) is 4.16. The van der Waals surface area contributed by atoms with Crippen molar-refractivity contribution < 1.29 is 9.47 Å². The zero-order valence-corrected chi connectivity index (χ0v) is 15.5. The first-order valence-electron chi connectivity index (χ1n) is 9.03. The van der Waals surface area contributed by atoms with E-state index in [-0.39, 0.29) is 0 Å². The van der Waals surface area contributed by atoms with Crippen molar-refractivity contribution in [2.75, 3.05) is 13.2 Å². The highest BCUT2D eigenvalue weighted by atomic mass is 16.5. The molecule has 0 aromatic heterocycles. The highest BCUT2D eigenvalue weighted by Gasteiger charge is 2.14. The van der Waals surface area contributed by atoms with E-state index in [1.54, 1.807) is 0 Å². The molecule has 0 radical (unpaired) electrons. The molecule has 2 heteroatoms. The summed E-state index contributed by atoms with van der Waals surface area (Å²) in [4.78, 5) is 0. The van der Waals surface area contributed by atoms with Crippen LogP contribution >= 0.6 is 0 Å². The predicted molar refractivity (Wildman–Crippen MR) is 112 cm³/mol. The molecule has 136 valence electrons. The topological polar surface area (TPSA) is 18.5 Å². The second kappa shape index (κ2) is 10.3. The number of benzene rings is 2. The molecule has 0 aliphatic heterocycles. The van der Waals surface area contributed by atoms with Gasteiger partial charge in [0.15, 0.2) is 0 Å². The summed E-state index contributed by atoms with van der Waals surface area (Å²) in [5, 5.41) is 2.24. The van der Waals surface area contributed by atoms with Crippen molar-refractivity contribution in [1.29, 1.82) is 0 Å². The molecule has 0 aliphatic carbocycles. The van der Waals surface area contributed by atoms with E-state index < -0.39 is 0 Å². The van der Waals surface area contributed by atoms with E-state index in [1.807, 2.05) is 30.4 Å². The van der Waals surface area contributed by atoms with E-state index >= 15 is 0 Å². The first-order valence-corrected chi connectivity index (χ1v) is 9.03. The zero-order chi connectivity index (χ0) is 18.8. The molecule has 2 aromatic carbocycles. The van der Waals surface area contributed by atoms with Crippen LogP contribution < -0.4 is 9.47 Å². The summed E-state index contributed by atoms with van der Waals surface area (Å²) in [6, 6.07) is 8.38. The molecule has 0 saturated carbocycles. The standard InChI is InChI=1S/C24H28O2/c1-5-9-17-25-23-16-15-22-20(21(23)12-8-4)14-13-19(11-7-3)24(22)26-18-10-6-2/h5-8,13-16H,1-4,9-12,17-18H2. The lowest BCUT2D eigenvalue weighted by molar-refractivity contribution is 0.322. The Labute approximate surface area is 157 Å². The summed E-state index contributed by atoms with van der Waals surface area (Å²) in [5.41, 5.74) is 2.28. The minimum absolute atomic E-state index is 0.612. The molecular weight excluding hydrogens is 320 g/mol. The number of ether oxygens (including phenoxy) is 2.